The molecule has 0 saturated carbocycles. The quantitative estimate of drug-likeness (QED) is 0.682. The van der Waals surface area contributed by atoms with Gasteiger partial charge in [0.05, 0.1) is 0 Å². The monoisotopic (exact) mass is 162 g/mol. The van der Waals surface area contributed by atoms with E-state index in [0.29, 0.717) is 5.25 Å². The van der Waals surface area contributed by atoms with Crippen LogP contribution in [0, 0.1) is 0 Å². The van der Waals surface area contributed by atoms with Gasteiger partial charge >= 0.3 is 0 Å². The second-order valence-electron chi connectivity index (χ2n) is 2.33. The van der Waals surface area contributed by atoms with E-state index in [0.717, 1.165) is 6.42 Å². The van der Waals surface area contributed by atoms with Crippen LogP contribution >= 0.6 is 11.8 Å². The molecular formula is C7H14O2S. The Balaban J connectivity index is 3.57. The zero-order chi connectivity index (χ0) is 8.15. The van der Waals surface area contributed by atoms with Gasteiger partial charge in [-0.25, -0.2) is 0 Å². The van der Waals surface area contributed by atoms with E-state index in [1.807, 2.05) is 13.8 Å². The minimum atomic E-state index is -0.820. The van der Waals surface area contributed by atoms with E-state index in [1.165, 1.54) is 18.7 Å². The summed E-state index contributed by atoms with van der Waals surface area (Å²) in [5.41, 5.74) is 0. The molecule has 1 N–H and O–H groups in total. The Morgan fingerprint density at radius 2 is 2.10 bits per heavy atom. The van der Waals surface area contributed by atoms with Crippen LogP contribution in [0.25, 0.3) is 0 Å². The van der Waals surface area contributed by atoms with Gasteiger partial charge in [0.2, 0.25) is 5.12 Å². The molecule has 10 heavy (non-hydrogen) atoms. The fourth-order valence-electron chi connectivity index (χ4n) is 0.380. The summed E-state index contributed by atoms with van der Waals surface area (Å²) in [6, 6.07) is 0. The van der Waals surface area contributed by atoms with Crippen LogP contribution in [0.15, 0.2) is 0 Å². The molecule has 0 aromatic rings. The molecule has 0 aliphatic rings. The fourth-order valence-corrected chi connectivity index (χ4v) is 1.14. The first-order valence-corrected chi connectivity index (χ1v) is 4.34. The van der Waals surface area contributed by atoms with Crippen molar-refractivity contribution in [2.24, 2.45) is 0 Å². The van der Waals surface area contributed by atoms with Crippen LogP contribution < -0.4 is 0 Å². The van der Waals surface area contributed by atoms with Crippen molar-refractivity contribution >= 4 is 16.9 Å². The van der Waals surface area contributed by atoms with Crippen molar-refractivity contribution in [3.63, 3.8) is 0 Å². The van der Waals surface area contributed by atoms with Gasteiger partial charge in [-0.2, -0.15) is 0 Å². The van der Waals surface area contributed by atoms with Gasteiger partial charge < -0.3 is 5.11 Å². The second-order valence-corrected chi connectivity index (χ2v) is 3.77. The van der Waals surface area contributed by atoms with E-state index < -0.39 is 6.10 Å². The molecule has 60 valence electrons. The molecule has 0 radical (unpaired) electrons. The molecule has 2 nitrogen and oxygen atoms in total. The highest BCUT2D eigenvalue weighted by atomic mass is 32.2. The van der Waals surface area contributed by atoms with Crippen LogP contribution in [-0.2, 0) is 4.79 Å². The topological polar surface area (TPSA) is 37.3 Å². The number of hydrogen-bond donors (Lipinski definition) is 1. The number of thioether (sulfide) groups is 1. The van der Waals surface area contributed by atoms with Gasteiger partial charge in [-0.3, -0.25) is 4.79 Å². The van der Waals surface area contributed by atoms with E-state index in [1.54, 1.807) is 0 Å². The molecule has 0 saturated heterocycles. The smallest absolute Gasteiger partial charge is 0.217 e. The zero-order valence-corrected chi connectivity index (χ0v) is 7.44. The minimum absolute atomic E-state index is 0.130. The molecule has 0 aliphatic heterocycles. The van der Waals surface area contributed by atoms with Gasteiger partial charge in [-0.05, 0) is 13.3 Å². The van der Waals surface area contributed by atoms with Gasteiger partial charge in [0.25, 0.3) is 0 Å². The summed E-state index contributed by atoms with van der Waals surface area (Å²) in [5, 5.41) is 8.99. The molecule has 3 heteroatoms. The molecule has 0 amide bonds. The van der Waals surface area contributed by atoms with Crippen LogP contribution in [0.2, 0.25) is 0 Å². The van der Waals surface area contributed by atoms with Gasteiger partial charge in [0.15, 0.2) is 0 Å². The maximum atomic E-state index is 10.8. The molecular weight excluding hydrogens is 148 g/mol. The van der Waals surface area contributed by atoms with Gasteiger partial charge in [-0.15, -0.1) is 0 Å². The Labute approximate surface area is 66.0 Å². The van der Waals surface area contributed by atoms with Gasteiger partial charge in [0.1, 0.15) is 6.10 Å². The molecule has 0 aromatic carbocycles. The lowest BCUT2D eigenvalue weighted by Crippen LogP contribution is -2.14. The van der Waals surface area contributed by atoms with Gasteiger partial charge in [-0.1, -0.05) is 25.6 Å². The van der Waals surface area contributed by atoms with Crippen molar-refractivity contribution in [2.75, 3.05) is 0 Å². The number of aliphatic hydroxyl groups is 1. The fraction of sp³-hybridized carbons (Fsp3) is 0.857. The normalized spacial score (nSPS) is 16.4. The Morgan fingerprint density at radius 3 is 2.40 bits per heavy atom. The van der Waals surface area contributed by atoms with E-state index in [2.05, 4.69) is 0 Å². The zero-order valence-electron chi connectivity index (χ0n) is 6.63. The first kappa shape index (κ1) is 9.98. The Hall–Kier alpha value is -0.0200. The van der Waals surface area contributed by atoms with E-state index >= 15 is 0 Å². The second kappa shape index (κ2) is 4.74. The van der Waals surface area contributed by atoms with E-state index in [9.17, 15) is 4.79 Å². The summed E-state index contributed by atoms with van der Waals surface area (Å²) < 4.78 is 0. The lowest BCUT2D eigenvalue weighted by atomic mass is 10.4. The maximum Gasteiger partial charge on any atom is 0.217 e. The average Bonchev–Trinajstić information content (AvgIpc) is 1.87. The number of hydrogen-bond acceptors (Lipinski definition) is 3. The number of carbonyl (C=O) groups is 1. The minimum Gasteiger partial charge on any atom is -0.385 e. The summed E-state index contributed by atoms with van der Waals surface area (Å²) in [6.45, 7) is 5.50. The molecule has 0 fully saturated rings. The Morgan fingerprint density at radius 1 is 1.60 bits per heavy atom. The third-order valence-corrected chi connectivity index (χ3v) is 2.54. The van der Waals surface area contributed by atoms with E-state index in [4.69, 9.17) is 5.11 Å². The van der Waals surface area contributed by atoms with Crippen LogP contribution in [-0.4, -0.2) is 21.6 Å². The SMILES string of the molecule is CCC(C)SC(=O)C(C)O. The Kier molecular flexibility index (Phi) is 4.73. The maximum absolute atomic E-state index is 10.8. The molecule has 0 aromatic heterocycles. The third kappa shape index (κ3) is 3.90. The summed E-state index contributed by atoms with van der Waals surface area (Å²) in [6.07, 6.45) is 0.141. The number of carbonyl (C=O) groups excluding carboxylic acids is 1. The van der Waals surface area contributed by atoms with Crippen molar-refractivity contribution in [3.05, 3.63) is 0 Å². The largest absolute Gasteiger partial charge is 0.385 e. The predicted octanol–water partition coefficient (Wildman–Crippen LogP) is 1.43. The van der Waals surface area contributed by atoms with Crippen LogP contribution in [0.1, 0.15) is 27.2 Å². The Bertz CT molecular complexity index is 112. The molecule has 2 unspecified atom stereocenters. The average molecular weight is 162 g/mol. The summed E-state index contributed by atoms with van der Waals surface area (Å²) >= 11 is 1.22. The highest BCUT2D eigenvalue weighted by Crippen LogP contribution is 2.15. The number of aliphatic hydroxyl groups excluding tert-OH is 1. The molecule has 0 aliphatic carbocycles. The van der Waals surface area contributed by atoms with Crippen LogP contribution in [0.5, 0.6) is 0 Å². The van der Waals surface area contributed by atoms with E-state index in [-0.39, 0.29) is 5.12 Å². The molecule has 0 rings (SSSR count). The standard InChI is InChI=1S/C7H14O2S/c1-4-5(2)10-7(9)6(3)8/h5-6,8H,4H2,1-3H3. The highest BCUT2D eigenvalue weighted by molar-refractivity contribution is 8.14. The highest BCUT2D eigenvalue weighted by Gasteiger charge is 2.12. The molecule has 0 heterocycles. The van der Waals surface area contributed by atoms with Crippen LogP contribution in [0.3, 0.4) is 0 Å². The van der Waals surface area contributed by atoms with Crippen molar-refractivity contribution in [3.8, 4) is 0 Å². The van der Waals surface area contributed by atoms with Crippen molar-refractivity contribution in [1.82, 2.24) is 0 Å². The lowest BCUT2D eigenvalue weighted by Gasteiger charge is -2.07. The molecule has 0 spiro atoms. The summed E-state index contributed by atoms with van der Waals surface area (Å²) in [5.74, 6) is 0. The predicted molar refractivity (Wildman–Crippen MR) is 44.0 cm³/mol. The third-order valence-electron chi connectivity index (χ3n) is 1.23. The van der Waals surface area contributed by atoms with Crippen molar-refractivity contribution < 1.29 is 9.90 Å². The molecule has 2 atom stereocenters. The first-order chi connectivity index (χ1) is 4.57. The summed E-state index contributed by atoms with van der Waals surface area (Å²) in [4.78, 5) is 10.8. The first-order valence-electron chi connectivity index (χ1n) is 3.46. The summed E-state index contributed by atoms with van der Waals surface area (Å²) in [7, 11) is 0. The van der Waals surface area contributed by atoms with Crippen molar-refractivity contribution in [2.45, 2.75) is 38.5 Å². The van der Waals surface area contributed by atoms with Crippen LogP contribution in [0.4, 0.5) is 0 Å². The van der Waals surface area contributed by atoms with Crippen molar-refractivity contribution in [1.29, 1.82) is 0 Å². The number of rotatable bonds is 3. The van der Waals surface area contributed by atoms with Gasteiger partial charge in [0, 0.05) is 5.25 Å². The lowest BCUT2D eigenvalue weighted by molar-refractivity contribution is -0.117. The molecule has 0 bridgehead atoms.